The first-order valence-electron chi connectivity index (χ1n) is 9.09. The van der Waals surface area contributed by atoms with Crippen molar-refractivity contribution in [3.63, 3.8) is 0 Å². The molecule has 0 aliphatic carbocycles. The van der Waals surface area contributed by atoms with Crippen LogP contribution in [0.25, 0.3) is 11.0 Å². The van der Waals surface area contributed by atoms with Crippen molar-refractivity contribution in [2.75, 3.05) is 37.6 Å². The van der Waals surface area contributed by atoms with Crippen LogP contribution in [0.15, 0.2) is 24.5 Å². The van der Waals surface area contributed by atoms with Crippen LogP contribution in [0, 0.1) is 11.3 Å². The summed E-state index contributed by atoms with van der Waals surface area (Å²) >= 11 is 0. The van der Waals surface area contributed by atoms with E-state index >= 15 is 0 Å². The fraction of sp³-hybridized carbons (Fsp3) is 0.526. The van der Waals surface area contributed by atoms with E-state index in [1.165, 1.54) is 0 Å². The van der Waals surface area contributed by atoms with Gasteiger partial charge in [0, 0.05) is 45.0 Å². The van der Waals surface area contributed by atoms with Crippen molar-refractivity contribution < 1.29 is 13.5 Å². The third-order valence-corrected chi connectivity index (χ3v) is 5.10. The molecule has 0 unspecified atom stereocenters. The topological polar surface area (TPSA) is 65.3 Å². The summed E-state index contributed by atoms with van der Waals surface area (Å²) in [6.45, 7) is 3.92. The molecule has 0 spiro atoms. The quantitative estimate of drug-likeness (QED) is 0.823. The molecule has 8 heteroatoms. The number of nitriles is 1. The van der Waals surface area contributed by atoms with Crippen molar-refractivity contribution in [3.05, 3.63) is 30.1 Å². The maximum Gasteiger partial charge on any atom is 0.261 e. The van der Waals surface area contributed by atoms with Crippen molar-refractivity contribution in [2.45, 2.75) is 31.5 Å². The Kier molecular flexibility index (Phi) is 4.66. The Bertz CT molecular complexity index is 884. The Morgan fingerprint density at radius 1 is 1.26 bits per heavy atom. The first kappa shape index (κ1) is 18.0. The number of nitrogens with zero attached hydrogens (tertiary/aromatic N) is 5. The summed E-state index contributed by atoms with van der Waals surface area (Å²) in [7, 11) is 0. The smallest absolute Gasteiger partial charge is 0.261 e. The van der Waals surface area contributed by atoms with Crippen LogP contribution in [0.1, 0.15) is 18.9 Å². The summed E-state index contributed by atoms with van der Waals surface area (Å²) in [5.74, 6) is -2.60. The summed E-state index contributed by atoms with van der Waals surface area (Å²) in [6, 6.07) is 5.79. The number of benzene rings is 1. The van der Waals surface area contributed by atoms with Crippen LogP contribution in [-0.2, 0) is 4.74 Å². The van der Waals surface area contributed by atoms with Crippen LogP contribution in [0.3, 0.4) is 0 Å². The van der Waals surface area contributed by atoms with E-state index in [9.17, 15) is 14.0 Å². The van der Waals surface area contributed by atoms with Gasteiger partial charge in [-0.05, 0) is 19.1 Å². The molecular weight excluding hydrogens is 352 g/mol. The number of hydrogen-bond donors (Lipinski definition) is 0. The number of morpholine rings is 1. The Labute approximate surface area is 156 Å². The Morgan fingerprint density at radius 3 is 2.74 bits per heavy atom. The minimum absolute atomic E-state index is 0.0331. The third-order valence-electron chi connectivity index (χ3n) is 5.10. The molecule has 142 valence electrons. The number of hydrogen-bond acceptors (Lipinski definition) is 6. The molecule has 0 radical (unpaired) electrons. The van der Waals surface area contributed by atoms with Gasteiger partial charge < -0.3 is 9.64 Å². The van der Waals surface area contributed by atoms with Gasteiger partial charge in [0.2, 0.25) is 0 Å². The summed E-state index contributed by atoms with van der Waals surface area (Å²) in [5.41, 5.74) is 2.63. The summed E-state index contributed by atoms with van der Waals surface area (Å²) in [4.78, 5) is 12.7. The van der Waals surface area contributed by atoms with Gasteiger partial charge >= 0.3 is 0 Å². The molecule has 4 rings (SSSR count). The third kappa shape index (κ3) is 3.70. The first-order valence-corrected chi connectivity index (χ1v) is 9.09. The molecule has 3 heterocycles. The van der Waals surface area contributed by atoms with E-state index < -0.39 is 5.92 Å². The molecule has 2 aromatic rings. The van der Waals surface area contributed by atoms with Crippen LogP contribution < -0.4 is 4.90 Å². The average molecular weight is 373 g/mol. The van der Waals surface area contributed by atoms with E-state index in [-0.39, 0.29) is 25.2 Å². The normalized spacial score (nSPS) is 25.6. The van der Waals surface area contributed by atoms with E-state index in [1.54, 1.807) is 23.4 Å². The molecule has 1 aromatic heterocycles. The lowest BCUT2D eigenvalue weighted by Gasteiger charge is -2.39. The Balaban J connectivity index is 1.57. The highest BCUT2D eigenvalue weighted by molar-refractivity contribution is 5.92. The largest absolute Gasteiger partial charge is 0.370 e. The number of halogens is 2. The van der Waals surface area contributed by atoms with E-state index in [2.05, 4.69) is 20.9 Å². The summed E-state index contributed by atoms with van der Waals surface area (Å²) < 4.78 is 33.0. The van der Waals surface area contributed by atoms with Gasteiger partial charge in [-0.2, -0.15) is 5.26 Å². The number of anilines is 1. The number of aromatic nitrogens is 2. The Hall–Kier alpha value is -2.37. The van der Waals surface area contributed by atoms with Crippen molar-refractivity contribution in [2.24, 2.45) is 0 Å². The van der Waals surface area contributed by atoms with Crippen molar-refractivity contribution in [1.29, 1.82) is 5.26 Å². The monoisotopic (exact) mass is 373 g/mol. The minimum Gasteiger partial charge on any atom is -0.370 e. The average Bonchev–Trinajstić information content (AvgIpc) is 2.98. The second-order valence-corrected chi connectivity index (χ2v) is 7.31. The molecule has 2 atom stereocenters. The summed E-state index contributed by atoms with van der Waals surface area (Å²) in [5, 5.41) is 9.30. The van der Waals surface area contributed by atoms with E-state index in [1.807, 2.05) is 13.0 Å². The lowest BCUT2D eigenvalue weighted by Crippen LogP contribution is -2.50. The fourth-order valence-corrected chi connectivity index (χ4v) is 3.98. The molecule has 0 bridgehead atoms. The second kappa shape index (κ2) is 6.98. The summed E-state index contributed by atoms with van der Waals surface area (Å²) in [6.07, 6.45) is 2.90. The highest BCUT2D eigenvalue weighted by atomic mass is 19.3. The van der Waals surface area contributed by atoms with Gasteiger partial charge in [0.05, 0.1) is 30.0 Å². The van der Waals surface area contributed by atoms with Gasteiger partial charge in [-0.25, -0.2) is 8.78 Å². The first-order chi connectivity index (χ1) is 12.9. The van der Waals surface area contributed by atoms with Gasteiger partial charge in [-0.15, -0.1) is 0 Å². The SMILES string of the molecule is C[C@@H]1CN(c2ccc(C#N)c3nccnc23)C[C@H](CN2CCC(F)(F)C2)O1. The zero-order chi connectivity index (χ0) is 19.0. The molecule has 2 aliphatic heterocycles. The maximum absolute atomic E-state index is 13.5. The van der Waals surface area contributed by atoms with Crippen molar-refractivity contribution >= 4 is 16.7 Å². The van der Waals surface area contributed by atoms with Crippen LogP contribution in [0.2, 0.25) is 0 Å². The lowest BCUT2D eigenvalue weighted by molar-refractivity contribution is -0.0371. The van der Waals surface area contributed by atoms with E-state index in [0.717, 1.165) is 5.69 Å². The van der Waals surface area contributed by atoms with Gasteiger partial charge in [0.1, 0.15) is 17.1 Å². The molecule has 0 saturated carbocycles. The maximum atomic E-state index is 13.5. The number of fused-ring (bicyclic) bond motifs is 1. The number of ether oxygens (including phenoxy) is 1. The lowest BCUT2D eigenvalue weighted by atomic mass is 10.1. The standard InChI is InChI=1S/C19H21F2N5O/c1-13-9-26(11-15(27-13)10-25-7-4-19(20,21)12-25)16-3-2-14(8-22)17-18(16)24-6-5-23-17/h2-3,5-6,13,15H,4,7,9-12H2,1H3/t13-,15+/m1/s1. The molecule has 27 heavy (non-hydrogen) atoms. The Morgan fingerprint density at radius 2 is 2.04 bits per heavy atom. The molecule has 1 aromatic carbocycles. The van der Waals surface area contributed by atoms with Crippen molar-refractivity contribution in [3.8, 4) is 6.07 Å². The molecule has 0 amide bonds. The zero-order valence-corrected chi connectivity index (χ0v) is 15.1. The molecular formula is C19H21F2N5O. The zero-order valence-electron chi connectivity index (χ0n) is 15.1. The molecule has 0 N–H and O–H groups in total. The molecule has 2 saturated heterocycles. The predicted molar refractivity (Wildman–Crippen MR) is 96.8 cm³/mol. The highest BCUT2D eigenvalue weighted by Crippen LogP contribution is 2.30. The molecule has 2 aliphatic rings. The highest BCUT2D eigenvalue weighted by Gasteiger charge is 2.39. The number of rotatable bonds is 3. The van der Waals surface area contributed by atoms with Crippen LogP contribution in [-0.4, -0.2) is 65.7 Å². The van der Waals surface area contributed by atoms with E-state index in [4.69, 9.17) is 4.74 Å². The predicted octanol–water partition coefficient (Wildman–Crippen LogP) is 2.44. The van der Waals surface area contributed by atoms with Gasteiger partial charge in [-0.3, -0.25) is 14.9 Å². The van der Waals surface area contributed by atoms with Crippen LogP contribution in [0.5, 0.6) is 0 Å². The van der Waals surface area contributed by atoms with Crippen LogP contribution >= 0.6 is 0 Å². The second-order valence-electron chi connectivity index (χ2n) is 7.31. The number of alkyl halides is 2. The molecule has 2 fully saturated rings. The molecule has 6 nitrogen and oxygen atoms in total. The van der Waals surface area contributed by atoms with Gasteiger partial charge in [0.25, 0.3) is 5.92 Å². The van der Waals surface area contributed by atoms with Gasteiger partial charge in [-0.1, -0.05) is 0 Å². The van der Waals surface area contributed by atoms with Crippen LogP contribution in [0.4, 0.5) is 14.5 Å². The van der Waals surface area contributed by atoms with Gasteiger partial charge in [0.15, 0.2) is 0 Å². The van der Waals surface area contributed by atoms with Crippen molar-refractivity contribution in [1.82, 2.24) is 14.9 Å². The minimum atomic E-state index is -2.60. The number of likely N-dealkylation sites (tertiary alicyclic amines) is 1. The fourth-order valence-electron chi connectivity index (χ4n) is 3.98. The van der Waals surface area contributed by atoms with E-state index in [0.29, 0.717) is 42.8 Å².